The van der Waals surface area contributed by atoms with Gasteiger partial charge in [0.1, 0.15) is 11.5 Å². The highest BCUT2D eigenvalue weighted by molar-refractivity contribution is 5.72. The van der Waals surface area contributed by atoms with Crippen LogP contribution in [0.4, 0.5) is 0 Å². The van der Waals surface area contributed by atoms with E-state index in [4.69, 9.17) is 14.6 Å². The number of aliphatic carboxylic acids is 1. The summed E-state index contributed by atoms with van der Waals surface area (Å²) in [5, 5.41) is 17.4. The molecular weight excluding hydrogens is 172 g/mol. The molecule has 0 amide bonds. The van der Waals surface area contributed by atoms with Crippen LogP contribution in [0.15, 0.2) is 16.5 Å². The molecule has 72 valence electrons. The van der Waals surface area contributed by atoms with Crippen LogP contribution in [0.1, 0.15) is 18.4 Å². The van der Waals surface area contributed by atoms with Crippen molar-refractivity contribution in [3.63, 3.8) is 0 Å². The number of aliphatic hydroxyl groups excluding tert-OH is 1. The van der Waals surface area contributed by atoms with E-state index in [9.17, 15) is 4.79 Å². The molecule has 0 aliphatic carbocycles. The number of hydrogen-bond donors (Lipinski definition) is 2. The van der Waals surface area contributed by atoms with Gasteiger partial charge in [0.05, 0.1) is 0 Å². The van der Waals surface area contributed by atoms with Crippen LogP contribution in [0.2, 0.25) is 0 Å². The monoisotopic (exact) mass is 184 g/mol. The zero-order chi connectivity index (χ0) is 9.84. The van der Waals surface area contributed by atoms with Gasteiger partial charge in [0.25, 0.3) is 0 Å². The normalized spacial score (nSPS) is 12.8. The maximum absolute atomic E-state index is 10.3. The maximum Gasteiger partial charge on any atom is 0.332 e. The Labute approximate surface area is 75.8 Å². The molecule has 0 aliphatic heterocycles. The quantitative estimate of drug-likeness (QED) is 0.727. The number of aliphatic hydroxyl groups is 1. The highest BCUT2D eigenvalue weighted by Crippen LogP contribution is 2.10. The van der Waals surface area contributed by atoms with Crippen LogP contribution in [0.25, 0.3) is 0 Å². The van der Waals surface area contributed by atoms with Crippen molar-refractivity contribution in [2.24, 2.45) is 0 Å². The van der Waals surface area contributed by atoms with Crippen LogP contribution in [0.3, 0.4) is 0 Å². The summed E-state index contributed by atoms with van der Waals surface area (Å²) in [6, 6.07) is 3.47. The smallest absolute Gasteiger partial charge is 0.332 e. The molecule has 2 N–H and O–H groups in total. The molecule has 0 saturated heterocycles. The Morgan fingerprint density at radius 3 is 2.62 bits per heavy atom. The van der Waals surface area contributed by atoms with Crippen LogP contribution in [0, 0.1) is 0 Å². The lowest BCUT2D eigenvalue weighted by molar-refractivity contribution is -0.146. The Bertz CT molecular complexity index is 290. The lowest BCUT2D eigenvalue weighted by Gasteiger charge is -2.01. The third-order valence-electron chi connectivity index (χ3n) is 1.75. The second-order valence-electron chi connectivity index (χ2n) is 2.78. The molecule has 1 unspecified atom stereocenters. The molecule has 1 atom stereocenters. The fourth-order valence-electron chi connectivity index (χ4n) is 1.000. The SMILES string of the molecule is CCc1ccc(CC(O)C(=O)O)o1. The van der Waals surface area contributed by atoms with Crippen molar-refractivity contribution in [1.82, 2.24) is 0 Å². The molecule has 1 aromatic heterocycles. The first-order chi connectivity index (χ1) is 6.13. The third-order valence-corrected chi connectivity index (χ3v) is 1.75. The molecule has 0 aliphatic rings. The lowest BCUT2D eigenvalue weighted by Crippen LogP contribution is -2.21. The van der Waals surface area contributed by atoms with Crippen molar-refractivity contribution in [3.05, 3.63) is 23.7 Å². The molecule has 0 bridgehead atoms. The Morgan fingerprint density at radius 1 is 1.54 bits per heavy atom. The number of hydrogen-bond acceptors (Lipinski definition) is 3. The molecule has 1 heterocycles. The summed E-state index contributed by atoms with van der Waals surface area (Å²) in [6.45, 7) is 1.94. The van der Waals surface area contributed by atoms with Gasteiger partial charge in [-0.3, -0.25) is 0 Å². The summed E-state index contributed by atoms with van der Waals surface area (Å²) in [7, 11) is 0. The van der Waals surface area contributed by atoms with Crippen LogP contribution < -0.4 is 0 Å². The molecule has 0 aromatic carbocycles. The van der Waals surface area contributed by atoms with Gasteiger partial charge < -0.3 is 14.6 Å². The van der Waals surface area contributed by atoms with Crippen molar-refractivity contribution >= 4 is 5.97 Å². The molecule has 0 saturated carbocycles. The van der Waals surface area contributed by atoms with E-state index >= 15 is 0 Å². The van der Waals surface area contributed by atoms with Crippen LogP contribution in [0.5, 0.6) is 0 Å². The molecule has 1 aromatic rings. The second kappa shape index (κ2) is 4.09. The predicted octanol–water partition coefficient (Wildman–Crippen LogP) is 0.830. The molecule has 0 radical (unpaired) electrons. The zero-order valence-corrected chi connectivity index (χ0v) is 7.36. The Kier molecular flexibility index (Phi) is 3.08. The van der Waals surface area contributed by atoms with Crippen LogP contribution in [-0.4, -0.2) is 22.3 Å². The lowest BCUT2D eigenvalue weighted by atomic mass is 10.2. The molecule has 0 spiro atoms. The number of rotatable bonds is 4. The van der Waals surface area contributed by atoms with Crippen molar-refractivity contribution in [1.29, 1.82) is 0 Å². The van der Waals surface area contributed by atoms with Gasteiger partial charge in [0.15, 0.2) is 6.10 Å². The highest BCUT2D eigenvalue weighted by Gasteiger charge is 2.15. The van der Waals surface area contributed by atoms with Crippen molar-refractivity contribution in [2.75, 3.05) is 0 Å². The van der Waals surface area contributed by atoms with Crippen molar-refractivity contribution in [2.45, 2.75) is 25.9 Å². The number of furan rings is 1. The van der Waals surface area contributed by atoms with Crippen molar-refractivity contribution < 1.29 is 19.4 Å². The van der Waals surface area contributed by atoms with Crippen LogP contribution >= 0.6 is 0 Å². The van der Waals surface area contributed by atoms with E-state index in [1.54, 1.807) is 12.1 Å². The van der Waals surface area contributed by atoms with E-state index in [1.807, 2.05) is 6.92 Å². The number of carboxylic acids is 1. The molecule has 4 heteroatoms. The molecule has 4 nitrogen and oxygen atoms in total. The first kappa shape index (κ1) is 9.80. The fraction of sp³-hybridized carbons (Fsp3) is 0.444. The minimum absolute atomic E-state index is 0.0231. The predicted molar refractivity (Wildman–Crippen MR) is 45.4 cm³/mol. The summed E-state index contributed by atoms with van der Waals surface area (Å²) in [6.07, 6.45) is -0.589. The van der Waals surface area contributed by atoms with Gasteiger partial charge in [0.2, 0.25) is 0 Å². The summed E-state index contributed by atoms with van der Waals surface area (Å²) < 4.78 is 5.23. The summed E-state index contributed by atoms with van der Waals surface area (Å²) in [5.74, 6) is 0.0776. The first-order valence-electron chi connectivity index (χ1n) is 4.12. The molecule has 13 heavy (non-hydrogen) atoms. The minimum Gasteiger partial charge on any atom is -0.479 e. The van der Waals surface area contributed by atoms with E-state index < -0.39 is 12.1 Å². The standard InChI is InChI=1S/C9H12O4/c1-2-6-3-4-7(13-6)5-8(10)9(11)12/h3-4,8,10H,2,5H2,1H3,(H,11,12). The average molecular weight is 184 g/mol. The molecule has 1 rings (SSSR count). The largest absolute Gasteiger partial charge is 0.479 e. The van der Waals surface area contributed by atoms with Gasteiger partial charge in [-0.2, -0.15) is 0 Å². The van der Waals surface area contributed by atoms with E-state index in [0.29, 0.717) is 5.76 Å². The van der Waals surface area contributed by atoms with Gasteiger partial charge in [-0.05, 0) is 12.1 Å². The number of carbonyl (C=O) groups is 1. The summed E-state index contributed by atoms with van der Waals surface area (Å²) in [5.41, 5.74) is 0. The molecular formula is C9H12O4. The van der Waals surface area contributed by atoms with E-state index in [2.05, 4.69) is 0 Å². The van der Waals surface area contributed by atoms with Gasteiger partial charge in [-0.15, -0.1) is 0 Å². The summed E-state index contributed by atoms with van der Waals surface area (Å²) in [4.78, 5) is 10.3. The second-order valence-corrected chi connectivity index (χ2v) is 2.78. The average Bonchev–Trinajstić information content (AvgIpc) is 2.52. The highest BCUT2D eigenvalue weighted by atomic mass is 16.4. The third kappa shape index (κ3) is 2.59. The van der Waals surface area contributed by atoms with E-state index in [0.717, 1.165) is 12.2 Å². The Balaban J connectivity index is 2.58. The topological polar surface area (TPSA) is 70.7 Å². The Hall–Kier alpha value is -1.29. The Morgan fingerprint density at radius 2 is 2.15 bits per heavy atom. The van der Waals surface area contributed by atoms with Crippen molar-refractivity contribution in [3.8, 4) is 0 Å². The number of aryl methyl sites for hydroxylation is 1. The van der Waals surface area contributed by atoms with Gasteiger partial charge in [-0.25, -0.2) is 4.79 Å². The summed E-state index contributed by atoms with van der Waals surface area (Å²) >= 11 is 0. The zero-order valence-electron chi connectivity index (χ0n) is 7.36. The minimum atomic E-state index is -1.38. The van der Waals surface area contributed by atoms with Crippen LogP contribution in [-0.2, 0) is 17.6 Å². The molecule has 0 fully saturated rings. The van der Waals surface area contributed by atoms with Gasteiger partial charge >= 0.3 is 5.97 Å². The van der Waals surface area contributed by atoms with E-state index in [-0.39, 0.29) is 6.42 Å². The first-order valence-corrected chi connectivity index (χ1v) is 4.12. The van der Waals surface area contributed by atoms with E-state index in [1.165, 1.54) is 0 Å². The number of carboxylic acid groups (broad SMARTS) is 1. The maximum atomic E-state index is 10.3. The van der Waals surface area contributed by atoms with Gasteiger partial charge in [-0.1, -0.05) is 6.92 Å². The van der Waals surface area contributed by atoms with Gasteiger partial charge in [0, 0.05) is 12.8 Å². The fourth-order valence-corrected chi connectivity index (χ4v) is 1.000.